The van der Waals surface area contributed by atoms with E-state index in [-0.39, 0.29) is 5.91 Å². The van der Waals surface area contributed by atoms with Crippen LogP contribution in [0.25, 0.3) is 0 Å². The standard InChI is InChI=1S/C15H22N2O2/c1-15(19)9-4-10-17(11-15)14(18)8-7-12-5-2-3-6-13(12)16/h2-3,5-6,19H,4,7-11,16H2,1H3. The zero-order chi connectivity index (χ0) is 13.9. The van der Waals surface area contributed by atoms with Crippen molar-refractivity contribution in [3.63, 3.8) is 0 Å². The molecule has 0 aromatic heterocycles. The number of nitrogens with zero attached hydrogens (tertiary/aromatic N) is 1. The Labute approximate surface area is 114 Å². The summed E-state index contributed by atoms with van der Waals surface area (Å²) in [6.07, 6.45) is 2.74. The predicted molar refractivity (Wildman–Crippen MR) is 75.6 cm³/mol. The van der Waals surface area contributed by atoms with Crippen LogP contribution in [0.3, 0.4) is 0 Å². The highest BCUT2D eigenvalue weighted by Gasteiger charge is 2.30. The lowest BCUT2D eigenvalue weighted by molar-refractivity contribution is -0.137. The molecule has 1 fully saturated rings. The topological polar surface area (TPSA) is 66.6 Å². The average molecular weight is 262 g/mol. The maximum absolute atomic E-state index is 12.1. The molecule has 2 rings (SSSR count). The number of benzene rings is 1. The van der Waals surface area contributed by atoms with Crippen molar-refractivity contribution in [2.75, 3.05) is 18.8 Å². The van der Waals surface area contributed by atoms with E-state index in [1.54, 1.807) is 11.8 Å². The predicted octanol–water partition coefficient (Wildman–Crippen LogP) is 1.57. The molecule has 1 heterocycles. The Morgan fingerprint density at radius 3 is 2.89 bits per heavy atom. The monoisotopic (exact) mass is 262 g/mol. The first-order valence-corrected chi connectivity index (χ1v) is 6.81. The lowest BCUT2D eigenvalue weighted by Gasteiger charge is -2.36. The van der Waals surface area contributed by atoms with Crippen LogP contribution in [0.15, 0.2) is 24.3 Å². The van der Waals surface area contributed by atoms with Crippen LogP contribution < -0.4 is 5.73 Å². The minimum Gasteiger partial charge on any atom is -0.399 e. The molecule has 1 atom stereocenters. The van der Waals surface area contributed by atoms with Crippen molar-refractivity contribution in [1.82, 2.24) is 4.90 Å². The van der Waals surface area contributed by atoms with Gasteiger partial charge in [0, 0.05) is 25.2 Å². The fourth-order valence-electron chi connectivity index (χ4n) is 2.59. The largest absolute Gasteiger partial charge is 0.399 e. The van der Waals surface area contributed by atoms with E-state index in [0.717, 1.165) is 30.6 Å². The summed E-state index contributed by atoms with van der Waals surface area (Å²) < 4.78 is 0. The Kier molecular flexibility index (Phi) is 4.10. The maximum atomic E-state index is 12.1. The van der Waals surface area contributed by atoms with Gasteiger partial charge in [0.05, 0.1) is 5.60 Å². The van der Waals surface area contributed by atoms with Gasteiger partial charge < -0.3 is 15.7 Å². The second-order valence-electron chi connectivity index (χ2n) is 5.61. The third-order valence-corrected chi connectivity index (χ3v) is 3.69. The normalized spacial score (nSPS) is 23.4. The molecule has 1 aromatic rings. The molecule has 19 heavy (non-hydrogen) atoms. The van der Waals surface area contributed by atoms with E-state index in [4.69, 9.17) is 5.73 Å². The number of anilines is 1. The van der Waals surface area contributed by atoms with Crippen LogP contribution in [0.4, 0.5) is 5.69 Å². The zero-order valence-electron chi connectivity index (χ0n) is 11.4. The lowest BCUT2D eigenvalue weighted by atomic mass is 9.94. The molecule has 0 bridgehead atoms. The summed E-state index contributed by atoms with van der Waals surface area (Å²) in [5.41, 5.74) is 6.88. The van der Waals surface area contributed by atoms with Crippen LogP contribution in [0.2, 0.25) is 0 Å². The van der Waals surface area contributed by atoms with E-state index < -0.39 is 5.60 Å². The molecule has 104 valence electrons. The third-order valence-electron chi connectivity index (χ3n) is 3.69. The summed E-state index contributed by atoms with van der Waals surface area (Å²) >= 11 is 0. The van der Waals surface area contributed by atoms with Gasteiger partial charge in [0.1, 0.15) is 0 Å². The van der Waals surface area contributed by atoms with Gasteiger partial charge in [0.2, 0.25) is 5.91 Å². The molecule has 1 amide bonds. The van der Waals surface area contributed by atoms with Crippen LogP contribution in [0, 0.1) is 0 Å². The summed E-state index contributed by atoms with van der Waals surface area (Å²) in [7, 11) is 0. The molecule has 0 aliphatic carbocycles. The SMILES string of the molecule is CC1(O)CCCN(C(=O)CCc2ccccc2N)C1. The molecule has 1 aromatic carbocycles. The zero-order valence-corrected chi connectivity index (χ0v) is 11.4. The van der Waals surface area contributed by atoms with Gasteiger partial charge in [-0.25, -0.2) is 0 Å². The number of para-hydroxylation sites is 1. The lowest BCUT2D eigenvalue weighted by Crippen LogP contribution is -2.48. The summed E-state index contributed by atoms with van der Waals surface area (Å²) in [5, 5.41) is 10.0. The fraction of sp³-hybridized carbons (Fsp3) is 0.533. The highest BCUT2D eigenvalue weighted by atomic mass is 16.3. The van der Waals surface area contributed by atoms with Gasteiger partial charge in [-0.1, -0.05) is 18.2 Å². The van der Waals surface area contributed by atoms with Crippen LogP contribution in [0.1, 0.15) is 31.7 Å². The molecule has 0 radical (unpaired) electrons. The molecule has 3 N–H and O–H groups in total. The number of nitrogen functional groups attached to an aromatic ring is 1. The number of nitrogens with two attached hydrogens (primary N) is 1. The van der Waals surface area contributed by atoms with E-state index >= 15 is 0 Å². The van der Waals surface area contributed by atoms with Gasteiger partial charge in [-0.15, -0.1) is 0 Å². The van der Waals surface area contributed by atoms with E-state index in [1.807, 2.05) is 24.3 Å². The average Bonchev–Trinajstić information content (AvgIpc) is 2.36. The fourth-order valence-corrected chi connectivity index (χ4v) is 2.59. The van der Waals surface area contributed by atoms with Crippen LogP contribution in [-0.2, 0) is 11.2 Å². The van der Waals surface area contributed by atoms with E-state index in [9.17, 15) is 9.90 Å². The van der Waals surface area contributed by atoms with Crippen molar-refractivity contribution in [1.29, 1.82) is 0 Å². The quantitative estimate of drug-likeness (QED) is 0.813. The van der Waals surface area contributed by atoms with Crippen LogP contribution >= 0.6 is 0 Å². The highest BCUT2D eigenvalue weighted by Crippen LogP contribution is 2.21. The number of likely N-dealkylation sites (tertiary alicyclic amines) is 1. The second-order valence-corrected chi connectivity index (χ2v) is 5.61. The number of amides is 1. The number of β-amino-alcohol motifs (C(OH)–C–C–N with tert-alkyl or cyclic N) is 1. The Morgan fingerprint density at radius 1 is 1.47 bits per heavy atom. The Balaban J connectivity index is 1.90. The number of rotatable bonds is 3. The van der Waals surface area contributed by atoms with E-state index in [1.165, 1.54) is 0 Å². The molecular formula is C15H22N2O2. The first-order chi connectivity index (χ1) is 8.98. The van der Waals surface area contributed by atoms with Crippen molar-refractivity contribution < 1.29 is 9.90 Å². The smallest absolute Gasteiger partial charge is 0.223 e. The number of aryl methyl sites for hydroxylation is 1. The third kappa shape index (κ3) is 3.70. The Bertz CT molecular complexity index is 457. The molecule has 4 nitrogen and oxygen atoms in total. The maximum Gasteiger partial charge on any atom is 0.223 e. The van der Waals surface area contributed by atoms with Gasteiger partial charge in [0.25, 0.3) is 0 Å². The van der Waals surface area contributed by atoms with Crippen molar-refractivity contribution in [3.8, 4) is 0 Å². The van der Waals surface area contributed by atoms with Crippen molar-refractivity contribution in [3.05, 3.63) is 29.8 Å². The van der Waals surface area contributed by atoms with Crippen LogP contribution in [-0.4, -0.2) is 34.6 Å². The molecule has 0 saturated carbocycles. The number of hydrogen-bond donors (Lipinski definition) is 2. The van der Waals surface area contributed by atoms with E-state index in [2.05, 4.69) is 0 Å². The number of carbonyl (C=O) groups is 1. The van der Waals surface area contributed by atoms with Crippen molar-refractivity contribution >= 4 is 11.6 Å². The van der Waals surface area contributed by atoms with Gasteiger partial charge in [0.15, 0.2) is 0 Å². The molecule has 1 aliphatic heterocycles. The Morgan fingerprint density at radius 2 is 2.21 bits per heavy atom. The molecule has 0 spiro atoms. The summed E-state index contributed by atoms with van der Waals surface area (Å²) in [5.74, 6) is 0.100. The Hall–Kier alpha value is -1.55. The minimum absolute atomic E-state index is 0.100. The van der Waals surface area contributed by atoms with Crippen molar-refractivity contribution in [2.45, 2.75) is 38.2 Å². The number of carbonyl (C=O) groups excluding carboxylic acids is 1. The summed E-state index contributed by atoms with van der Waals surface area (Å²) in [4.78, 5) is 13.9. The minimum atomic E-state index is -0.736. The first-order valence-electron chi connectivity index (χ1n) is 6.81. The first kappa shape index (κ1) is 13.9. The molecule has 1 unspecified atom stereocenters. The molecule has 1 saturated heterocycles. The van der Waals surface area contributed by atoms with Gasteiger partial charge in [-0.3, -0.25) is 4.79 Å². The summed E-state index contributed by atoms with van der Waals surface area (Å²) in [6.45, 7) is 2.98. The van der Waals surface area contributed by atoms with Crippen molar-refractivity contribution in [2.24, 2.45) is 0 Å². The number of hydrogen-bond acceptors (Lipinski definition) is 3. The van der Waals surface area contributed by atoms with Gasteiger partial charge >= 0.3 is 0 Å². The summed E-state index contributed by atoms with van der Waals surface area (Å²) in [6, 6.07) is 7.63. The second kappa shape index (κ2) is 5.61. The highest BCUT2D eigenvalue weighted by molar-refractivity contribution is 5.77. The molecule has 1 aliphatic rings. The van der Waals surface area contributed by atoms with Gasteiger partial charge in [-0.2, -0.15) is 0 Å². The molecule has 4 heteroatoms. The van der Waals surface area contributed by atoms with E-state index in [0.29, 0.717) is 19.4 Å². The van der Waals surface area contributed by atoms with Gasteiger partial charge in [-0.05, 0) is 37.8 Å². The molecular weight excluding hydrogens is 240 g/mol. The van der Waals surface area contributed by atoms with Crippen LogP contribution in [0.5, 0.6) is 0 Å². The number of aliphatic hydroxyl groups is 1. The number of piperidine rings is 1.